The van der Waals surface area contributed by atoms with Crippen LogP contribution < -0.4 is 5.32 Å². The third-order valence-corrected chi connectivity index (χ3v) is 4.36. The van der Waals surface area contributed by atoms with Crippen LogP contribution in [0.1, 0.15) is 32.3 Å². The lowest BCUT2D eigenvalue weighted by molar-refractivity contribution is 0.0259. The Kier molecular flexibility index (Phi) is 6.68. The van der Waals surface area contributed by atoms with Crippen LogP contribution in [0.5, 0.6) is 0 Å². The Balaban J connectivity index is 1.71. The molecule has 1 heterocycles. The fourth-order valence-electron chi connectivity index (χ4n) is 2.75. The lowest BCUT2D eigenvalue weighted by atomic mass is 10.1. The Hall–Kier alpha value is -0.420. The summed E-state index contributed by atoms with van der Waals surface area (Å²) in [5.41, 5.74) is 1.34. The van der Waals surface area contributed by atoms with Crippen LogP contribution in [0.3, 0.4) is 0 Å². The first-order valence-corrected chi connectivity index (χ1v) is 8.64. The Morgan fingerprint density at radius 3 is 2.57 bits per heavy atom. The Bertz CT molecular complexity index is 421. The molecule has 1 N–H and O–H groups in total. The highest BCUT2D eigenvalue weighted by Gasteiger charge is 2.25. The molecule has 0 aliphatic carbocycles. The van der Waals surface area contributed by atoms with Crippen molar-refractivity contribution in [3.63, 3.8) is 0 Å². The van der Waals surface area contributed by atoms with Crippen molar-refractivity contribution in [2.24, 2.45) is 0 Å². The monoisotopic (exact) mass is 354 g/mol. The van der Waals surface area contributed by atoms with Gasteiger partial charge in [-0.2, -0.15) is 0 Å². The highest BCUT2D eigenvalue weighted by Crippen LogP contribution is 2.20. The van der Waals surface area contributed by atoms with Crippen LogP contribution in [0.25, 0.3) is 0 Å². The molecular weight excluding hydrogens is 328 g/mol. The molecule has 0 saturated carbocycles. The van der Waals surface area contributed by atoms with E-state index in [1.165, 1.54) is 18.4 Å². The fraction of sp³-hybridized carbons (Fsp3) is 0.647. The Morgan fingerprint density at radius 1 is 1.24 bits per heavy atom. The van der Waals surface area contributed by atoms with Gasteiger partial charge in [0.15, 0.2) is 0 Å². The second kappa shape index (κ2) is 8.28. The zero-order valence-electron chi connectivity index (χ0n) is 13.3. The smallest absolute Gasteiger partial charge is 0.0707 e. The third kappa shape index (κ3) is 6.07. The third-order valence-electron chi connectivity index (χ3n) is 3.83. The van der Waals surface area contributed by atoms with Crippen LogP contribution in [0.4, 0.5) is 0 Å². The van der Waals surface area contributed by atoms with Gasteiger partial charge in [-0.05, 0) is 37.6 Å². The van der Waals surface area contributed by atoms with Crippen molar-refractivity contribution in [1.82, 2.24) is 10.2 Å². The van der Waals surface area contributed by atoms with Crippen LogP contribution in [0.2, 0.25) is 0 Å². The van der Waals surface area contributed by atoms with Crippen LogP contribution >= 0.6 is 15.9 Å². The summed E-state index contributed by atoms with van der Waals surface area (Å²) in [7, 11) is 2.17. The van der Waals surface area contributed by atoms with E-state index in [-0.39, 0.29) is 0 Å². The van der Waals surface area contributed by atoms with E-state index in [1.54, 1.807) is 0 Å². The number of rotatable bonds is 7. The van der Waals surface area contributed by atoms with Gasteiger partial charge in [-0.25, -0.2) is 0 Å². The first kappa shape index (κ1) is 16.9. The topological polar surface area (TPSA) is 24.5 Å². The zero-order valence-corrected chi connectivity index (χ0v) is 14.9. The summed E-state index contributed by atoms with van der Waals surface area (Å²) in [6, 6.07) is 9.08. The fourth-order valence-corrected chi connectivity index (χ4v) is 3.01. The molecule has 1 aliphatic heterocycles. The highest BCUT2D eigenvalue weighted by molar-refractivity contribution is 9.10. The maximum absolute atomic E-state index is 6.13. The summed E-state index contributed by atoms with van der Waals surface area (Å²) in [5.74, 6) is 0. The largest absolute Gasteiger partial charge is 0.372 e. The van der Waals surface area contributed by atoms with E-state index in [2.05, 4.69) is 71.3 Å². The van der Waals surface area contributed by atoms with Gasteiger partial charge in [0.25, 0.3) is 0 Å². The predicted octanol–water partition coefficient (Wildman–Crippen LogP) is 3.43. The summed E-state index contributed by atoms with van der Waals surface area (Å²) in [4.78, 5) is 2.35. The van der Waals surface area contributed by atoms with Gasteiger partial charge in [-0.1, -0.05) is 41.9 Å². The van der Waals surface area contributed by atoms with Gasteiger partial charge in [0.2, 0.25) is 0 Å². The van der Waals surface area contributed by atoms with Crippen molar-refractivity contribution in [2.75, 3.05) is 20.1 Å². The Morgan fingerprint density at radius 2 is 1.90 bits per heavy atom. The average Bonchev–Trinajstić information content (AvgIpc) is 2.86. The van der Waals surface area contributed by atoms with E-state index in [0.717, 1.165) is 24.1 Å². The average molecular weight is 355 g/mol. The molecule has 1 aromatic carbocycles. The molecule has 2 atom stereocenters. The van der Waals surface area contributed by atoms with Crippen LogP contribution in [0, 0.1) is 0 Å². The van der Waals surface area contributed by atoms with Crippen molar-refractivity contribution in [2.45, 2.75) is 51.5 Å². The molecular formula is C17H27BrN2O. The normalized spacial score (nSPS) is 22.4. The maximum atomic E-state index is 6.13. The first-order chi connectivity index (χ1) is 10.0. The maximum Gasteiger partial charge on any atom is 0.0707 e. The van der Waals surface area contributed by atoms with E-state index in [1.807, 2.05) is 0 Å². The minimum Gasteiger partial charge on any atom is -0.372 e. The molecule has 0 aromatic heterocycles. The molecule has 0 radical (unpaired) electrons. The van der Waals surface area contributed by atoms with E-state index in [0.29, 0.717) is 18.2 Å². The molecule has 0 bridgehead atoms. The lowest BCUT2D eigenvalue weighted by Crippen LogP contribution is -2.34. The number of ether oxygens (including phenoxy) is 1. The molecule has 3 nitrogen and oxygen atoms in total. The van der Waals surface area contributed by atoms with E-state index in [4.69, 9.17) is 4.74 Å². The number of likely N-dealkylation sites (N-methyl/N-ethyl adjacent to an activating group) is 1. The first-order valence-electron chi connectivity index (χ1n) is 7.84. The summed E-state index contributed by atoms with van der Waals surface area (Å²) >= 11 is 3.47. The zero-order chi connectivity index (χ0) is 15.2. The van der Waals surface area contributed by atoms with E-state index in [9.17, 15) is 0 Å². The molecule has 4 heteroatoms. The van der Waals surface area contributed by atoms with Gasteiger partial charge in [0, 0.05) is 30.1 Å². The van der Waals surface area contributed by atoms with E-state index < -0.39 is 0 Å². The lowest BCUT2D eigenvalue weighted by Gasteiger charge is -2.22. The standard InChI is InChI=1S/C17H27BrN2O/c1-13(2)19-10-16-8-9-17(21-16)12-20(3)11-14-4-6-15(18)7-5-14/h4-7,13,16-17,19H,8-12H2,1-3H3. The Labute approximate surface area is 137 Å². The molecule has 1 aliphatic rings. The summed E-state index contributed by atoms with van der Waals surface area (Å²) < 4.78 is 7.26. The summed E-state index contributed by atoms with van der Waals surface area (Å²) in [5, 5.41) is 3.46. The van der Waals surface area contributed by atoms with Crippen molar-refractivity contribution in [3.8, 4) is 0 Å². The quantitative estimate of drug-likeness (QED) is 0.811. The summed E-state index contributed by atoms with van der Waals surface area (Å²) in [6.07, 6.45) is 3.12. The minimum atomic E-state index is 0.379. The van der Waals surface area contributed by atoms with Crippen LogP contribution in [-0.4, -0.2) is 43.3 Å². The van der Waals surface area contributed by atoms with Gasteiger partial charge in [0.1, 0.15) is 0 Å². The molecule has 0 spiro atoms. The molecule has 2 rings (SSSR count). The number of nitrogens with zero attached hydrogens (tertiary/aromatic N) is 1. The second-order valence-corrected chi connectivity index (χ2v) is 7.26. The molecule has 2 unspecified atom stereocenters. The number of hydrogen-bond acceptors (Lipinski definition) is 3. The molecule has 1 saturated heterocycles. The molecule has 0 amide bonds. The van der Waals surface area contributed by atoms with Gasteiger partial charge in [-0.15, -0.1) is 0 Å². The highest BCUT2D eigenvalue weighted by atomic mass is 79.9. The molecule has 1 fully saturated rings. The SMILES string of the molecule is CC(C)NCC1CCC(CN(C)Cc2ccc(Br)cc2)O1. The molecule has 21 heavy (non-hydrogen) atoms. The van der Waals surface area contributed by atoms with Crippen molar-refractivity contribution in [3.05, 3.63) is 34.3 Å². The van der Waals surface area contributed by atoms with Crippen LogP contribution in [0.15, 0.2) is 28.7 Å². The number of hydrogen-bond donors (Lipinski definition) is 1. The molecule has 118 valence electrons. The van der Waals surface area contributed by atoms with Gasteiger partial charge < -0.3 is 10.1 Å². The van der Waals surface area contributed by atoms with Crippen molar-refractivity contribution >= 4 is 15.9 Å². The van der Waals surface area contributed by atoms with Gasteiger partial charge in [-0.3, -0.25) is 4.90 Å². The molecule has 1 aromatic rings. The minimum absolute atomic E-state index is 0.379. The van der Waals surface area contributed by atoms with Crippen molar-refractivity contribution < 1.29 is 4.74 Å². The van der Waals surface area contributed by atoms with Crippen molar-refractivity contribution in [1.29, 1.82) is 0 Å². The number of benzene rings is 1. The predicted molar refractivity (Wildman–Crippen MR) is 91.5 cm³/mol. The number of nitrogens with one attached hydrogen (secondary N) is 1. The number of halogens is 1. The van der Waals surface area contributed by atoms with Crippen LogP contribution in [-0.2, 0) is 11.3 Å². The van der Waals surface area contributed by atoms with E-state index >= 15 is 0 Å². The second-order valence-electron chi connectivity index (χ2n) is 6.34. The van der Waals surface area contributed by atoms with Gasteiger partial charge in [0.05, 0.1) is 12.2 Å². The summed E-state index contributed by atoms with van der Waals surface area (Å²) in [6.45, 7) is 7.32. The van der Waals surface area contributed by atoms with Gasteiger partial charge >= 0.3 is 0 Å².